The SMILES string of the molecule is COc1cc([C@@H]2Oc3ccc(Cl)cc3[C@H]3CC(c4ccccc4O)=NN32)ccc1O. The highest BCUT2D eigenvalue weighted by Gasteiger charge is 2.41. The van der Waals surface area contributed by atoms with E-state index in [9.17, 15) is 10.2 Å². The van der Waals surface area contributed by atoms with Gasteiger partial charge in [0.05, 0.1) is 18.9 Å². The molecule has 0 amide bonds. The summed E-state index contributed by atoms with van der Waals surface area (Å²) >= 11 is 6.26. The first kappa shape index (κ1) is 18.6. The first-order valence-corrected chi connectivity index (χ1v) is 9.90. The number of fused-ring (bicyclic) bond motifs is 3. The Hall–Kier alpha value is -3.38. The topological polar surface area (TPSA) is 74.5 Å². The molecule has 5 rings (SSSR count). The molecular weight excluding hydrogens is 404 g/mol. The quantitative estimate of drug-likeness (QED) is 0.621. The van der Waals surface area contributed by atoms with Crippen LogP contribution in [0.2, 0.25) is 5.02 Å². The van der Waals surface area contributed by atoms with Crippen LogP contribution in [-0.2, 0) is 0 Å². The molecule has 0 aliphatic carbocycles. The van der Waals surface area contributed by atoms with Crippen LogP contribution in [0.4, 0.5) is 0 Å². The van der Waals surface area contributed by atoms with Gasteiger partial charge < -0.3 is 19.7 Å². The molecule has 2 heterocycles. The van der Waals surface area contributed by atoms with Gasteiger partial charge in [-0.3, -0.25) is 0 Å². The maximum absolute atomic E-state index is 10.3. The molecule has 2 aliphatic heterocycles. The Labute approximate surface area is 178 Å². The molecule has 0 saturated carbocycles. The Morgan fingerprint density at radius 2 is 1.90 bits per heavy atom. The van der Waals surface area contributed by atoms with Crippen molar-refractivity contribution in [1.29, 1.82) is 0 Å². The normalized spacial score (nSPS) is 19.5. The lowest BCUT2D eigenvalue weighted by atomic mass is 9.95. The van der Waals surface area contributed by atoms with E-state index in [-0.39, 0.29) is 17.5 Å². The minimum Gasteiger partial charge on any atom is -0.507 e. The zero-order chi connectivity index (χ0) is 20.8. The van der Waals surface area contributed by atoms with E-state index in [0.29, 0.717) is 22.8 Å². The fourth-order valence-corrected chi connectivity index (χ4v) is 4.19. The lowest BCUT2D eigenvalue weighted by molar-refractivity contribution is -0.0191. The van der Waals surface area contributed by atoms with Gasteiger partial charge in [0.2, 0.25) is 6.23 Å². The molecule has 30 heavy (non-hydrogen) atoms. The number of methoxy groups -OCH3 is 1. The lowest BCUT2D eigenvalue weighted by Gasteiger charge is -2.38. The summed E-state index contributed by atoms with van der Waals surface area (Å²) in [5.41, 5.74) is 3.19. The monoisotopic (exact) mass is 422 g/mol. The summed E-state index contributed by atoms with van der Waals surface area (Å²) in [6, 6.07) is 17.7. The van der Waals surface area contributed by atoms with Crippen LogP contribution in [-0.4, -0.2) is 28.0 Å². The number of ether oxygens (including phenoxy) is 2. The number of halogens is 1. The number of hydrogen-bond donors (Lipinski definition) is 2. The van der Waals surface area contributed by atoms with E-state index < -0.39 is 6.23 Å². The Bertz CT molecular complexity index is 1160. The van der Waals surface area contributed by atoms with Crippen LogP contribution in [0.5, 0.6) is 23.0 Å². The maximum Gasteiger partial charge on any atom is 0.214 e. The molecule has 0 bridgehead atoms. The van der Waals surface area contributed by atoms with Gasteiger partial charge in [0, 0.05) is 28.1 Å². The number of hydrazone groups is 1. The van der Waals surface area contributed by atoms with Gasteiger partial charge in [-0.2, -0.15) is 5.10 Å². The van der Waals surface area contributed by atoms with Gasteiger partial charge in [0.15, 0.2) is 11.5 Å². The number of phenols is 2. The highest BCUT2D eigenvalue weighted by Crippen LogP contribution is 2.49. The van der Waals surface area contributed by atoms with E-state index in [0.717, 1.165) is 22.6 Å². The lowest BCUT2D eigenvalue weighted by Crippen LogP contribution is -2.33. The molecule has 7 heteroatoms. The van der Waals surface area contributed by atoms with E-state index in [4.69, 9.17) is 26.2 Å². The van der Waals surface area contributed by atoms with E-state index in [2.05, 4.69) is 0 Å². The number of para-hydroxylation sites is 1. The minimum atomic E-state index is -0.526. The van der Waals surface area contributed by atoms with E-state index >= 15 is 0 Å². The third-order valence-corrected chi connectivity index (χ3v) is 5.69. The van der Waals surface area contributed by atoms with Crippen LogP contribution in [0.1, 0.15) is 35.4 Å². The zero-order valence-corrected chi connectivity index (χ0v) is 16.9. The fraction of sp³-hybridized carbons (Fsp3) is 0.174. The highest BCUT2D eigenvalue weighted by atomic mass is 35.5. The highest BCUT2D eigenvalue weighted by molar-refractivity contribution is 6.30. The molecule has 3 aromatic carbocycles. The van der Waals surface area contributed by atoms with Gasteiger partial charge in [-0.05, 0) is 48.5 Å². The van der Waals surface area contributed by atoms with Gasteiger partial charge in [0.1, 0.15) is 11.5 Å². The molecule has 0 unspecified atom stereocenters. The van der Waals surface area contributed by atoms with Crippen LogP contribution in [0.3, 0.4) is 0 Å². The van der Waals surface area contributed by atoms with E-state index in [1.807, 2.05) is 29.3 Å². The summed E-state index contributed by atoms with van der Waals surface area (Å²) in [7, 11) is 1.50. The molecule has 0 spiro atoms. The standard InChI is InChI=1S/C23H19ClN2O4/c1-29-22-10-13(6-8-20(22)28)23-26-18(16-11-14(24)7-9-21(16)30-23)12-17(25-26)15-4-2-3-5-19(15)27/h2-11,18,23,27-28H,12H2,1H3/t18-,23+/m1/s1. The van der Waals surface area contributed by atoms with Crippen LogP contribution < -0.4 is 9.47 Å². The zero-order valence-electron chi connectivity index (χ0n) is 16.1. The largest absolute Gasteiger partial charge is 0.507 e. The molecule has 152 valence electrons. The third kappa shape index (κ3) is 3.00. The van der Waals surface area contributed by atoms with Crippen molar-refractivity contribution in [2.24, 2.45) is 5.10 Å². The predicted octanol–water partition coefficient (Wildman–Crippen LogP) is 5.00. The number of hydrogen-bond acceptors (Lipinski definition) is 6. The van der Waals surface area contributed by atoms with Crippen molar-refractivity contribution in [2.45, 2.75) is 18.7 Å². The molecule has 6 nitrogen and oxygen atoms in total. The summed E-state index contributed by atoms with van der Waals surface area (Å²) in [5.74, 6) is 1.33. The van der Waals surface area contributed by atoms with Gasteiger partial charge in [-0.25, -0.2) is 5.01 Å². The number of rotatable bonds is 3. The van der Waals surface area contributed by atoms with Crippen LogP contribution in [0.15, 0.2) is 65.8 Å². The summed E-state index contributed by atoms with van der Waals surface area (Å²) in [6.07, 6.45) is 0.0709. The smallest absolute Gasteiger partial charge is 0.214 e. The van der Waals surface area contributed by atoms with Gasteiger partial charge >= 0.3 is 0 Å². The third-order valence-electron chi connectivity index (χ3n) is 5.46. The van der Waals surface area contributed by atoms with Crippen molar-refractivity contribution < 1.29 is 19.7 Å². The molecule has 3 aromatic rings. The Kier molecular flexibility index (Phi) is 4.44. The predicted molar refractivity (Wildman–Crippen MR) is 113 cm³/mol. The van der Waals surface area contributed by atoms with Gasteiger partial charge in [-0.15, -0.1) is 0 Å². The van der Waals surface area contributed by atoms with Crippen molar-refractivity contribution in [3.63, 3.8) is 0 Å². The Balaban J connectivity index is 1.63. The second-order valence-electron chi connectivity index (χ2n) is 7.25. The number of benzene rings is 3. The summed E-state index contributed by atoms with van der Waals surface area (Å²) in [5, 5.41) is 27.6. The van der Waals surface area contributed by atoms with Crippen molar-refractivity contribution in [3.8, 4) is 23.0 Å². The van der Waals surface area contributed by atoms with Crippen LogP contribution >= 0.6 is 11.6 Å². The van der Waals surface area contributed by atoms with Crippen molar-refractivity contribution in [3.05, 3.63) is 82.4 Å². The average molecular weight is 423 g/mol. The molecule has 0 saturated heterocycles. The number of phenolic OH excluding ortho intramolecular Hbond substituents is 2. The second-order valence-corrected chi connectivity index (χ2v) is 7.68. The molecule has 0 aromatic heterocycles. The molecule has 0 radical (unpaired) electrons. The minimum absolute atomic E-state index is 0.0561. The first-order valence-electron chi connectivity index (χ1n) is 9.52. The average Bonchev–Trinajstić information content (AvgIpc) is 3.19. The maximum atomic E-state index is 10.3. The number of nitrogens with zero attached hydrogens (tertiary/aromatic N) is 2. The van der Waals surface area contributed by atoms with Crippen LogP contribution in [0.25, 0.3) is 0 Å². The molecule has 2 N–H and O–H groups in total. The van der Waals surface area contributed by atoms with E-state index in [1.54, 1.807) is 36.4 Å². The van der Waals surface area contributed by atoms with Crippen molar-refractivity contribution in [1.82, 2.24) is 5.01 Å². The molecular formula is C23H19ClN2O4. The summed E-state index contributed by atoms with van der Waals surface area (Å²) < 4.78 is 11.6. The Morgan fingerprint density at radius 3 is 2.70 bits per heavy atom. The second kappa shape index (κ2) is 7.15. The van der Waals surface area contributed by atoms with Gasteiger partial charge in [-0.1, -0.05) is 23.7 Å². The Morgan fingerprint density at radius 1 is 1.07 bits per heavy atom. The molecule has 2 aliphatic rings. The first-order chi connectivity index (χ1) is 14.5. The van der Waals surface area contributed by atoms with Crippen LogP contribution in [0, 0.1) is 0 Å². The summed E-state index contributed by atoms with van der Waals surface area (Å²) in [4.78, 5) is 0. The molecule has 0 fully saturated rings. The van der Waals surface area contributed by atoms with Crippen molar-refractivity contribution in [2.75, 3.05) is 7.11 Å². The van der Waals surface area contributed by atoms with Crippen molar-refractivity contribution >= 4 is 17.3 Å². The molecule has 2 atom stereocenters. The number of aromatic hydroxyl groups is 2. The van der Waals surface area contributed by atoms with Gasteiger partial charge in [0.25, 0.3) is 0 Å². The summed E-state index contributed by atoms with van der Waals surface area (Å²) in [6.45, 7) is 0. The van der Waals surface area contributed by atoms with E-state index in [1.165, 1.54) is 7.11 Å². The fourth-order valence-electron chi connectivity index (χ4n) is 4.01.